The van der Waals surface area contributed by atoms with Crippen molar-refractivity contribution >= 4 is 15.9 Å². The molecule has 0 rings (SSSR count). The zero-order valence-electron chi connectivity index (χ0n) is 5.52. The van der Waals surface area contributed by atoms with Gasteiger partial charge < -0.3 is 0 Å². The zero-order chi connectivity index (χ0) is 7.28. The molecule has 9 heavy (non-hydrogen) atoms. The Morgan fingerprint density at radius 1 is 1.89 bits per heavy atom. The maximum absolute atomic E-state index is 8.25. The first kappa shape index (κ1) is 8.71. The van der Waals surface area contributed by atoms with Crippen LogP contribution in [0, 0.1) is 17.2 Å². The molecule has 0 bridgehead atoms. The minimum absolute atomic E-state index is 0.432. The Bertz CT molecular complexity index is 134. The molecular weight excluding hydrogens is 178 g/mol. The molecule has 0 aromatic heterocycles. The Morgan fingerprint density at radius 2 is 2.44 bits per heavy atom. The summed E-state index contributed by atoms with van der Waals surface area (Å²) >= 11 is 3.24. The van der Waals surface area contributed by atoms with Gasteiger partial charge in [0.1, 0.15) is 0 Å². The third kappa shape index (κ3) is 5.58. The average Bonchev–Trinajstić information content (AvgIpc) is 1.63. The van der Waals surface area contributed by atoms with Gasteiger partial charge in [-0.05, 0) is 16.8 Å². The number of nitriles is 1. The highest BCUT2D eigenvalue weighted by atomic mass is 79.9. The number of hydrogen-bond acceptors (Lipinski definition) is 1. The van der Waals surface area contributed by atoms with Gasteiger partial charge in [0.15, 0.2) is 0 Å². The molecule has 0 aliphatic rings. The summed E-state index contributed by atoms with van der Waals surface area (Å²) in [4.78, 5) is 0. The van der Waals surface area contributed by atoms with Gasteiger partial charge in [0.2, 0.25) is 0 Å². The van der Waals surface area contributed by atoms with E-state index in [1.165, 1.54) is 0 Å². The first-order valence-electron chi connectivity index (χ1n) is 2.87. The highest BCUT2D eigenvalue weighted by Crippen LogP contribution is 2.16. The van der Waals surface area contributed by atoms with Gasteiger partial charge in [0, 0.05) is 6.42 Å². The van der Waals surface area contributed by atoms with E-state index in [9.17, 15) is 0 Å². The van der Waals surface area contributed by atoms with Crippen LogP contribution in [0.5, 0.6) is 0 Å². The first-order chi connectivity index (χ1) is 4.16. The molecular formula is C7H10BrN. The summed E-state index contributed by atoms with van der Waals surface area (Å²) in [6, 6.07) is 2.11. The summed E-state index contributed by atoms with van der Waals surface area (Å²) in [5, 5.41) is 8.25. The zero-order valence-corrected chi connectivity index (χ0v) is 7.11. The van der Waals surface area contributed by atoms with E-state index >= 15 is 0 Å². The van der Waals surface area contributed by atoms with Crippen LogP contribution in [0.1, 0.15) is 19.8 Å². The summed E-state index contributed by atoms with van der Waals surface area (Å²) < 4.78 is 0.977. The second-order valence-corrected chi connectivity index (χ2v) is 3.31. The van der Waals surface area contributed by atoms with Crippen molar-refractivity contribution < 1.29 is 0 Å². The van der Waals surface area contributed by atoms with Crippen molar-refractivity contribution in [3.05, 3.63) is 11.1 Å². The highest BCUT2D eigenvalue weighted by Gasteiger charge is 2.00. The lowest BCUT2D eigenvalue weighted by Crippen LogP contribution is -1.90. The third-order valence-electron chi connectivity index (χ3n) is 1.01. The fourth-order valence-corrected chi connectivity index (χ4v) is 1.16. The van der Waals surface area contributed by atoms with E-state index < -0.39 is 0 Å². The average molecular weight is 188 g/mol. The van der Waals surface area contributed by atoms with Gasteiger partial charge in [-0.1, -0.05) is 29.4 Å². The SMILES string of the molecule is C=C(Br)C[C@@H](C)CC#N. The Balaban J connectivity index is 3.40. The molecule has 0 aliphatic heterocycles. The van der Waals surface area contributed by atoms with Crippen molar-refractivity contribution in [1.82, 2.24) is 0 Å². The lowest BCUT2D eigenvalue weighted by molar-refractivity contribution is 0.607. The fourth-order valence-electron chi connectivity index (χ4n) is 0.606. The second-order valence-electron chi connectivity index (χ2n) is 2.19. The van der Waals surface area contributed by atoms with Crippen molar-refractivity contribution in [3.8, 4) is 6.07 Å². The summed E-state index contributed by atoms with van der Waals surface area (Å²) in [6.45, 7) is 5.72. The Hall–Kier alpha value is -0.290. The van der Waals surface area contributed by atoms with Crippen LogP contribution in [0.25, 0.3) is 0 Å². The first-order valence-corrected chi connectivity index (χ1v) is 3.66. The largest absolute Gasteiger partial charge is 0.198 e. The van der Waals surface area contributed by atoms with E-state index in [2.05, 4.69) is 28.6 Å². The van der Waals surface area contributed by atoms with Gasteiger partial charge in [-0.25, -0.2) is 0 Å². The van der Waals surface area contributed by atoms with Crippen molar-refractivity contribution in [2.45, 2.75) is 19.8 Å². The quantitative estimate of drug-likeness (QED) is 0.667. The molecule has 1 atom stereocenters. The molecule has 2 heteroatoms. The summed E-state index contributed by atoms with van der Waals surface area (Å²) in [7, 11) is 0. The van der Waals surface area contributed by atoms with Gasteiger partial charge in [-0.2, -0.15) is 5.26 Å². The van der Waals surface area contributed by atoms with E-state index in [0.29, 0.717) is 12.3 Å². The molecule has 0 saturated carbocycles. The molecule has 0 fully saturated rings. The van der Waals surface area contributed by atoms with Crippen LogP contribution < -0.4 is 0 Å². The molecule has 0 unspecified atom stereocenters. The molecule has 0 radical (unpaired) electrons. The lowest BCUT2D eigenvalue weighted by atomic mass is 10.1. The van der Waals surface area contributed by atoms with E-state index in [0.717, 1.165) is 10.9 Å². The summed E-state index contributed by atoms with van der Waals surface area (Å²) in [5.41, 5.74) is 0. The molecule has 0 aliphatic carbocycles. The second kappa shape index (κ2) is 4.58. The molecule has 0 saturated heterocycles. The summed E-state index contributed by atoms with van der Waals surface area (Å²) in [6.07, 6.45) is 1.51. The van der Waals surface area contributed by atoms with Gasteiger partial charge in [-0.3, -0.25) is 0 Å². The van der Waals surface area contributed by atoms with Crippen LogP contribution in [0.4, 0.5) is 0 Å². The van der Waals surface area contributed by atoms with E-state index in [1.54, 1.807) is 0 Å². The topological polar surface area (TPSA) is 23.8 Å². The molecule has 0 heterocycles. The monoisotopic (exact) mass is 187 g/mol. The number of nitrogens with zero attached hydrogens (tertiary/aromatic N) is 1. The molecule has 0 aromatic carbocycles. The number of hydrogen-bond donors (Lipinski definition) is 0. The maximum Gasteiger partial charge on any atom is 0.0624 e. The Labute approximate surface area is 64.5 Å². The van der Waals surface area contributed by atoms with Crippen LogP contribution in [0.2, 0.25) is 0 Å². The normalized spacial score (nSPS) is 12.1. The van der Waals surface area contributed by atoms with E-state index in [4.69, 9.17) is 5.26 Å². The maximum atomic E-state index is 8.25. The molecule has 1 nitrogen and oxygen atoms in total. The molecule has 0 spiro atoms. The molecule has 0 aromatic rings. The Kier molecular flexibility index (Phi) is 4.43. The third-order valence-corrected chi connectivity index (χ3v) is 1.33. The molecule has 50 valence electrons. The van der Waals surface area contributed by atoms with Crippen LogP contribution >= 0.6 is 15.9 Å². The van der Waals surface area contributed by atoms with Crippen molar-refractivity contribution in [2.24, 2.45) is 5.92 Å². The van der Waals surface area contributed by atoms with E-state index in [-0.39, 0.29) is 0 Å². The van der Waals surface area contributed by atoms with Crippen LogP contribution in [0.15, 0.2) is 11.1 Å². The summed E-state index contributed by atoms with van der Waals surface area (Å²) in [5.74, 6) is 0.432. The van der Waals surface area contributed by atoms with Gasteiger partial charge in [0.25, 0.3) is 0 Å². The Morgan fingerprint density at radius 3 is 2.78 bits per heavy atom. The van der Waals surface area contributed by atoms with E-state index in [1.807, 2.05) is 6.92 Å². The minimum atomic E-state index is 0.432. The highest BCUT2D eigenvalue weighted by molar-refractivity contribution is 9.11. The number of halogens is 1. The van der Waals surface area contributed by atoms with Crippen molar-refractivity contribution in [1.29, 1.82) is 5.26 Å². The smallest absolute Gasteiger partial charge is 0.0624 e. The van der Waals surface area contributed by atoms with Crippen LogP contribution in [-0.2, 0) is 0 Å². The van der Waals surface area contributed by atoms with Crippen molar-refractivity contribution in [2.75, 3.05) is 0 Å². The standard InChI is InChI=1S/C7H10BrN/c1-6(3-4-9)5-7(2)8/h6H,2-3,5H2,1H3/t6-/m0/s1. The predicted octanol–water partition coefficient (Wildman–Crippen LogP) is 2.83. The van der Waals surface area contributed by atoms with Crippen LogP contribution in [-0.4, -0.2) is 0 Å². The predicted molar refractivity (Wildman–Crippen MR) is 42.1 cm³/mol. The lowest BCUT2D eigenvalue weighted by Gasteiger charge is -2.02. The molecule has 0 amide bonds. The van der Waals surface area contributed by atoms with Crippen molar-refractivity contribution in [3.63, 3.8) is 0 Å². The van der Waals surface area contributed by atoms with Gasteiger partial charge >= 0.3 is 0 Å². The molecule has 0 N–H and O–H groups in total. The number of rotatable bonds is 3. The van der Waals surface area contributed by atoms with Gasteiger partial charge in [-0.15, -0.1) is 0 Å². The number of allylic oxidation sites excluding steroid dienone is 1. The van der Waals surface area contributed by atoms with Crippen LogP contribution in [0.3, 0.4) is 0 Å². The minimum Gasteiger partial charge on any atom is -0.198 e. The van der Waals surface area contributed by atoms with Gasteiger partial charge in [0.05, 0.1) is 6.07 Å². The fraction of sp³-hybridized carbons (Fsp3) is 0.571.